The van der Waals surface area contributed by atoms with E-state index in [0.29, 0.717) is 114 Å². The molecule has 0 spiro atoms. The van der Waals surface area contributed by atoms with Crippen LogP contribution < -0.4 is 32.1 Å². The first-order valence-corrected chi connectivity index (χ1v) is 34.8. The van der Waals surface area contributed by atoms with Crippen LogP contribution in [0.1, 0.15) is 158 Å². The summed E-state index contributed by atoms with van der Waals surface area (Å²) in [4.78, 5) is 168. The summed E-state index contributed by atoms with van der Waals surface area (Å²) in [7, 11) is 0. The lowest BCUT2D eigenvalue weighted by Crippen LogP contribution is -2.58. The van der Waals surface area contributed by atoms with Gasteiger partial charge in [0.05, 0.1) is 52.9 Å². The summed E-state index contributed by atoms with van der Waals surface area (Å²) in [6.07, 6.45) is -3.64. The van der Waals surface area contributed by atoms with Gasteiger partial charge in [-0.25, -0.2) is 19.0 Å². The number of ether oxygens (including phenoxy) is 2. The lowest BCUT2D eigenvalue weighted by molar-refractivity contribution is -0.201. The van der Waals surface area contributed by atoms with Crippen LogP contribution >= 0.6 is 11.8 Å². The molecule has 3 aromatic rings. The molecular formula is C67H90FN9O21S. The van der Waals surface area contributed by atoms with Gasteiger partial charge in [-0.15, -0.1) is 16.8 Å². The number of hydrogen-bond donors (Lipinski definition) is 11. The van der Waals surface area contributed by atoms with E-state index in [-0.39, 0.29) is 100 Å². The molecule has 3 fully saturated rings. The SMILES string of the molecule is CC[C@@]1(O)C(=O)OCc2c1cc1n(c2=O)Cc2cc3c(CCCCOCNC(=O)[C@H](C)NC(=O)[C@@H](NC(=O)[C@H](CCC(=O)NC[C@H](O)[C@@H](O)[C@H](O)[C@H](O)CO)NC(=O)CCCCCSC4CC(=O)N(CC5CCC(C(=O)ON6C(=O)CCC6=O)CC5)C4=O)C(C)C)c(C)c(F)cc3nc2-1. The van der Waals surface area contributed by atoms with E-state index in [4.69, 9.17) is 24.4 Å². The summed E-state index contributed by atoms with van der Waals surface area (Å²) in [5, 5.41) is 74.0. The first-order chi connectivity index (χ1) is 47.1. The number of halogens is 1. The van der Waals surface area contributed by atoms with Crippen LogP contribution in [0, 0.1) is 30.5 Å². The number of carbonyl (C=O) groups excluding carboxylic acids is 11. The molecule has 0 radical (unpaired) electrons. The molecule has 30 nitrogen and oxygen atoms in total. The maximum Gasteiger partial charge on any atom is 0.343 e. The minimum absolute atomic E-state index is 0.0157. The lowest BCUT2D eigenvalue weighted by Gasteiger charge is -2.31. The molecule has 9 amide bonds. The van der Waals surface area contributed by atoms with Gasteiger partial charge in [0.1, 0.15) is 55.6 Å². The molecule has 4 aliphatic heterocycles. The van der Waals surface area contributed by atoms with Crippen molar-refractivity contribution in [2.24, 2.45) is 17.8 Å². The number of nitrogens with one attached hydrogen (secondary N) is 5. The topological polar surface area (TPSA) is 438 Å². The van der Waals surface area contributed by atoms with Gasteiger partial charge in [0.25, 0.3) is 17.4 Å². The zero-order valence-corrected chi connectivity index (χ0v) is 57.0. The summed E-state index contributed by atoms with van der Waals surface area (Å²) in [5.74, 6) is -7.96. The van der Waals surface area contributed by atoms with Crippen LogP contribution in [0.2, 0.25) is 0 Å². The van der Waals surface area contributed by atoms with Gasteiger partial charge in [-0.1, -0.05) is 27.2 Å². The second-order valence-corrected chi connectivity index (χ2v) is 27.6. The molecule has 8 rings (SSSR count). The van der Waals surface area contributed by atoms with Gasteiger partial charge >= 0.3 is 11.9 Å². The van der Waals surface area contributed by atoms with Gasteiger partial charge in [-0.3, -0.25) is 52.8 Å². The minimum Gasteiger partial charge on any atom is -0.458 e. The zero-order chi connectivity index (χ0) is 72.2. The smallest absolute Gasteiger partial charge is 0.343 e. The van der Waals surface area contributed by atoms with Gasteiger partial charge in [0.2, 0.25) is 41.4 Å². The molecule has 32 heteroatoms. The Morgan fingerprint density at radius 2 is 1.53 bits per heavy atom. The molecule has 1 unspecified atom stereocenters. The van der Waals surface area contributed by atoms with E-state index in [1.807, 2.05) is 6.07 Å². The predicted octanol–water partition coefficient (Wildman–Crippen LogP) is 0.237. The number of pyridine rings is 2. The van der Waals surface area contributed by atoms with Gasteiger partial charge in [-0.2, -0.15) is 0 Å². The van der Waals surface area contributed by atoms with Crippen molar-refractivity contribution in [3.05, 3.63) is 62.2 Å². The molecule has 2 aromatic heterocycles. The van der Waals surface area contributed by atoms with Crippen LogP contribution in [-0.4, -0.2) is 202 Å². The quantitative estimate of drug-likeness (QED) is 0.0127. The van der Waals surface area contributed by atoms with Crippen molar-refractivity contribution in [3.63, 3.8) is 0 Å². The third kappa shape index (κ3) is 18.6. The highest BCUT2D eigenvalue weighted by atomic mass is 32.2. The number of esters is 1. The predicted molar refractivity (Wildman–Crippen MR) is 349 cm³/mol. The van der Waals surface area contributed by atoms with Gasteiger partial charge < -0.3 is 76.1 Å². The largest absolute Gasteiger partial charge is 0.458 e. The number of nitrogens with zero attached hydrogens (tertiary/aromatic N) is 4. The summed E-state index contributed by atoms with van der Waals surface area (Å²) in [6, 6.07) is 0.992. The molecule has 5 aliphatic rings. The number of hydroxylamine groups is 2. The summed E-state index contributed by atoms with van der Waals surface area (Å²) in [6.45, 7) is 6.46. The number of benzene rings is 1. The Bertz CT molecular complexity index is 3610. The Morgan fingerprint density at radius 1 is 0.818 bits per heavy atom. The normalized spacial score (nSPS) is 21.1. The highest BCUT2D eigenvalue weighted by molar-refractivity contribution is 8.00. The highest BCUT2D eigenvalue weighted by Gasteiger charge is 2.46. The summed E-state index contributed by atoms with van der Waals surface area (Å²) < 4.78 is 27.9. The van der Waals surface area contributed by atoms with Crippen LogP contribution in [0.3, 0.4) is 0 Å². The number of aliphatic hydroxyl groups excluding tert-OH is 5. The van der Waals surface area contributed by atoms with E-state index in [0.717, 1.165) is 0 Å². The number of amides is 9. The number of aromatic nitrogens is 2. The van der Waals surface area contributed by atoms with Crippen molar-refractivity contribution in [1.82, 2.24) is 46.1 Å². The highest BCUT2D eigenvalue weighted by Crippen LogP contribution is 2.40. The van der Waals surface area contributed by atoms with Crippen molar-refractivity contribution in [1.29, 1.82) is 0 Å². The number of carbonyl (C=O) groups is 11. The molecule has 2 saturated heterocycles. The van der Waals surface area contributed by atoms with Gasteiger partial charge in [-0.05, 0) is 125 Å². The summed E-state index contributed by atoms with van der Waals surface area (Å²) >= 11 is 1.33. The van der Waals surface area contributed by atoms with Crippen molar-refractivity contribution < 1.29 is 102 Å². The number of cyclic esters (lactones) is 1. The van der Waals surface area contributed by atoms with Crippen LogP contribution in [0.25, 0.3) is 22.3 Å². The van der Waals surface area contributed by atoms with E-state index in [1.165, 1.54) is 34.2 Å². The molecule has 99 heavy (non-hydrogen) atoms. The molecular weight excluding hydrogens is 1320 g/mol. The maximum absolute atomic E-state index is 15.5. The Morgan fingerprint density at radius 3 is 2.21 bits per heavy atom. The minimum atomic E-state index is -2.00. The van der Waals surface area contributed by atoms with Crippen LogP contribution in [0.5, 0.6) is 0 Å². The number of rotatable bonds is 35. The number of likely N-dealkylation sites (tertiary alicyclic amines) is 1. The number of hydrogen-bond acceptors (Lipinski definition) is 23. The van der Waals surface area contributed by atoms with E-state index in [1.54, 1.807) is 33.8 Å². The second kappa shape index (κ2) is 34.5. The van der Waals surface area contributed by atoms with Crippen LogP contribution in [0.4, 0.5) is 4.39 Å². The Balaban J connectivity index is 0.774. The molecule has 1 saturated carbocycles. The van der Waals surface area contributed by atoms with E-state index in [2.05, 4.69) is 26.6 Å². The molecule has 11 N–H and O–H groups in total. The third-order valence-corrected chi connectivity index (χ3v) is 20.3. The first-order valence-electron chi connectivity index (χ1n) is 33.7. The molecule has 1 aromatic carbocycles. The van der Waals surface area contributed by atoms with E-state index < -0.39 is 149 Å². The number of thioether (sulfide) groups is 1. The number of aryl methyl sites for hydroxylation is 1. The molecule has 0 bridgehead atoms. The number of imide groups is 2. The van der Waals surface area contributed by atoms with Gasteiger partial charge in [0, 0.05) is 74.4 Å². The van der Waals surface area contributed by atoms with Crippen molar-refractivity contribution >= 4 is 87.8 Å². The number of aliphatic hydroxyl groups is 6. The van der Waals surface area contributed by atoms with Crippen LogP contribution in [-0.2, 0) is 92.2 Å². The van der Waals surface area contributed by atoms with Crippen LogP contribution in [0.15, 0.2) is 23.0 Å². The third-order valence-electron chi connectivity index (χ3n) is 19.0. The standard InChI is InChI=1S/C67H90FN9O21S/c1-6-67(95)43-25-47-57-39(30-75(47)63(91)42(43)32-97-66(67)94)24-41-40(35(4)44(68)26-46(41)73-57)12-9-10-22-96-33-70-60(88)36(5)71-62(90)56(34(2)3)74-61(89)45(18-19-51(81)69-28-48(79)58(86)59(87)49(80)31-78)72-52(82)13-8-7-11-23-99-50-27-55(85)76(64(50)92)29-37-14-16-38(17-15-37)65(93)98-77-53(83)20-21-54(77)84/h24-26,34,36-38,45,48-50,56,58-59,78-80,86-87,95H,6-23,27-33H2,1-5H3,(H,69,81)(H,70,88)(H,71,90)(H,72,82)(H,74,89)/t36-,37?,38?,45-,48-,49+,50?,56-,58+,59+,67-/m0/s1. The average Bonchev–Trinajstić information content (AvgIpc) is 1.65. The van der Waals surface area contributed by atoms with E-state index >= 15 is 4.39 Å². The summed E-state index contributed by atoms with van der Waals surface area (Å²) in [5.41, 5.74) is 0.979. The maximum atomic E-state index is 15.5. The van der Waals surface area contributed by atoms with Crippen molar-refractivity contribution in [3.8, 4) is 11.4 Å². The average molecular weight is 1410 g/mol. The van der Waals surface area contributed by atoms with E-state index in [9.17, 15) is 83.1 Å². The molecule has 9 atom stereocenters. The molecule has 6 heterocycles. The lowest BCUT2D eigenvalue weighted by atomic mass is 9.82. The number of unbranched alkanes of at least 4 members (excludes halogenated alkanes) is 3. The van der Waals surface area contributed by atoms with Crippen molar-refractivity contribution in [2.45, 2.75) is 210 Å². The Hall–Kier alpha value is -7.85. The number of fused-ring (bicyclic) bond motifs is 5. The Kier molecular flexibility index (Phi) is 26.8. The fourth-order valence-corrected chi connectivity index (χ4v) is 14.0. The van der Waals surface area contributed by atoms with Crippen molar-refractivity contribution in [2.75, 3.05) is 38.8 Å². The molecule has 1 aliphatic carbocycles. The second-order valence-electron chi connectivity index (χ2n) is 26.3. The zero-order valence-electron chi connectivity index (χ0n) is 56.1. The molecule has 542 valence electrons. The fraction of sp³-hybridized carbons (Fsp3) is 0.627. The Labute approximate surface area is 574 Å². The van der Waals surface area contributed by atoms with Gasteiger partial charge in [0.15, 0.2) is 5.60 Å². The first kappa shape index (κ1) is 76.9. The monoisotopic (exact) mass is 1410 g/mol. The fourth-order valence-electron chi connectivity index (χ4n) is 12.8.